The Morgan fingerprint density at radius 2 is 2.19 bits per heavy atom. The third-order valence-electron chi connectivity index (χ3n) is 4.84. The Hall–Kier alpha value is -2.60. The molecule has 0 radical (unpaired) electrons. The molecule has 1 fully saturated rings. The molecule has 3 aromatic heterocycles. The van der Waals surface area contributed by atoms with Crippen LogP contribution in [0.2, 0.25) is 0 Å². The van der Waals surface area contributed by atoms with Crippen molar-refractivity contribution in [3.8, 4) is 10.6 Å². The Morgan fingerprint density at radius 3 is 2.96 bits per heavy atom. The number of hydrogen-bond acceptors (Lipinski definition) is 5. The van der Waals surface area contributed by atoms with Crippen LogP contribution in [0.25, 0.3) is 10.6 Å². The molecule has 27 heavy (non-hydrogen) atoms. The normalized spacial score (nSPS) is 17.1. The maximum absolute atomic E-state index is 12.7. The molecule has 5 nitrogen and oxygen atoms in total. The minimum absolute atomic E-state index is 0.129. The molecule has 3 aromatic rings. The summed E-state index contributed by atoms with van der Waals surface area (Å²) < 4.78 is 0. The second-order valence-corrected chi connectivity index (χ2v) is 7.85. The number of aromatic nitrogens is 3. The van der Waals surface area contributed by atoms with E-state index in [1.807, 2.05) is 42.2 Å². The van der Waals surface area contributed by atoms with Gasteiger partial charge in [-0.25, -0.2) is 9.97 Å². The smallest absolute Gasteiger partial charge is 0.228 e. The van der Waals surface area contributed by atoms with Gasteiger partial charge in [0.2, 0.25) is 5.91 Å². The lowest BCUT2D eigenvalue weighted by Gasteiger charge is -2.32. The van der Waals surface area contributed by atoms with Gasteiger partial charge >= 0.3 is 0 Å². The van der Waals surface area contributed by atoms with E-state index in [0.29, 0.717) is 13.0 Å². The van der Waals surface area contributed by atoms with Crippen LogP contribution in [0.15, 0.2) is 48.0 Å². The summed E-state index contributed by atoms with van der Waals surface area (Å²) in [6.07, 6.45) is 4.07. The van der Waals surface area contributed by atoms with E-state index >= 15 is 0 Å². The maximum Gasteiger partial charge on any atom is 0.228 e. The van der Waals surface area contributed by atoms with E-state index in [9.17, 15) is 4.79 Å². The Labute approximate surface area is 163 Å². The largest absolute Gasteiger partial charge is 0.342 e. The highest BCUT2D eigenvalue weighted by atomic mass is 32.1. The first-order chi connectivity index (χ1) is 13.2. The zero-order valence-corrected chi connectivity index (χ0v) is 16.2. The van der Waals surface area contributed by atoms with Gasteiger partial charge in [0, 0.05) is 36.6 Å². The van der Waals surface area contributed by atoms with Gasteiger partial charge in [-0.05, 0) is 49.4 Å². The predicted octanol–water partition coefficient (Wildman–Crippen LogP) is 3.86. The molecule has 1 aliphatic rings. The number of piperidine rings is 1. The molecule has 0 saturated carbocycles. The second kappa shape index (κ2) is 7.96. The minimum Gasteiger partial charge on any atom is -0.342 e. The number of hydrogen-bond donors (Lipinski definition) is 0. The van der Waals surface area contributed by atoms with E-state index in [1.54, 1.807) is 17.5 Å². The average molecular weight is 379 g/mol. The maximum atomic E-state index is 12.7. The van der Waals surface area contributed by atoms with E-state index in [1.165, 1.54) is 0 Å². The number of aryl methyl sites for hydroxylation is 1. The summed E-state index contributed by atoms with van der Waals surface area (Å²) in [5.41, 5.74) is 2.76. The van der Waals surface area contributed by atoms with Crippen molar-refractivity contribution in [1.29, 1.82) is 0 Å². The average Bonchev–Trinajstić information content (AvgIpc) is 3.23. The second-order valence-electron chi connectivity index (χ2n) is 6.91. The van der Waals surface area contributed by atoms with Crippen LogP contribution >= 0.6 is 11.3 Å². The summed E-state index contributed by atoms with van der Waals surface area (Å²) in [5, 5.41) is 2.06. The lowest BCUT2D eigenvalue weighted by Crippen LogP contribution is -2.40. The molecular weight excluding hydrogens is 356 g/mol. The van der Waals surface area contributed by atoms with Gasteiger partial charge in [-0.3, -0.25) is 9.78 Å². The summed E-state index contributed by atoms with van der Waals surface area (Å²) in [6.45, 7) is 3.49. The summed E-state index contributed by atoms with van der Waals surface area (Å²) >= 11 is 1.69. The third kappa shape index (κ3) is 4.22. The van der Waals surface area contributed by atoms with Crippen molar-refractivity contribution < 1.29 is 4.79 Å². The van der Waals surface area contributed by atoms with E-state index in [4.69, 9.17) is 4.98 Å². The number of carbonyl (C=O) groups excluding carboxylic acids is 1. The molecule has 0 aliphatic carbocycles. The molecule has 1 aliphatic heterocycles. The first-order valence-electron chi connectivity index (χ1n) is 9.26. The topological polar surface area (TPSA) is 59.0 Å². The van der Waals surface area contributed by atoms with Crippen molar-refractivity contribution in [2.75, 3.05) is 13.1 Å². The van der Waals surface area contributed by atoms with E-state index in [-0.39, 0.29) is 11.8 Å². The lowest BCUT2D eigenvalue weighted by atomic mass is 9.96. The van der Waals surface area contributed by atoms with E-state index < -0.39 is 0 Å². The number of amides is 1. The fourth-order valence-electron chi connectivity index (χ4n) is 3.51. The standard InChI is InChI=1S/C21H22N4OS/c1-15-12-18(19-8-5-11-27-19)24-21(23-15)16-6-4-10-25(14-16)20(26)13-17-7-2-3-9-22-17/h2-3,5,7-9,11-12,16H,4,6,10,13-14H2,1H3/t16-/m0/s1. The number of rotatable bonds is 4. The minimum atomic E-state index is 0.129. The SMILES string of the molecule is Cc1cc(-c2cccs2)nc([C@H]2CCCN(C(=O)Cc3ccccn3)C2)n1. The lowest BCUT2D eigenvalue weighted by molar-refractivity contribution is -0.131. The van der Waals surface area contributed by atoms with Crippen molar-refractivity contribution in [2.24, 2.45) is 0 Å². The number of pyridine rings is 1. The zero-order valence-electron chi connectivity index (χ0n) is 15.3. The fraction of sp³-hybridized carbons (Fsp3) is 0.333. The number of nitrogens with zero attached hydrogens (tertiary/aromatic N) is 4. The molecule has 0 spiro atoms. The summed E-state index contributed by atoms with van der Waals surface area (Å²) in [7, 11) is 0. The van der Waals surface area contributed by atoms with Crippen LogP contribution in [0.1, 0.15) is 36.0 Å². The van der Waals surface area contributed by atoms with Gasteiger partial charge in [0.15, 0.2) is 0 Å². The van der Waals surface area contributed by atoms with Crippen LogP contribution in [0.4, 0.5) is 0 Å². The molecule has 1 saturated heterocycles. The van der Waals surface area contributed by atoms with Gasteiger partial charge in [0.1, 0.15) is 5.82 Å². The molecule has 6 heteroatoms. The van der Waals surface area contributed by atoms with Crippen molar-refractivity contribution in [3.63, 3.8) is 0 Å². The quantitative estimate of drug-likeness (QED) is 0.692. The zero-order chi connectivity index (χ0) is 18.6. The Bertz CT molecular complexity index is 911. The Balaban J connectivity index is 1.50. The van der Waals surface area contributed by atoms with Crippen LogP contribution in [-0.4, -0.2) is 38.8 Å². The molecule has 0 bridgehead atoms. The van der Waals surface area contributed by atoms with Crippen LogP contribution in [0.5, 0.6) is 0 Å². The van der Waals surface area contributed by atoms with E-state index in [0.717, 1.165) is 47.2 Å². The molecule has 4 heterocycles. The molecular formula is C21H22N4OS. The van der Waals surface area contributed by atoms with Crippen molar-refractivity contribution >= 4 is 17.2 Å². The van der Waals surface area contributed by atoms with Crippen LogP contribution < -0.4 is 0 Å². The molecule has 0 aromatic carbocycles. The van der Waals surface area contributed by atoms with Crippen molar-refractivity contribution in [3.05, 3.63) is 65.2 Å². The van der Waals surface area contributed by atoms with Gasteiger partial charge < -0.3 is 4.90 Å². The van der Waals surface area contributed by atoms with Gasteiger partial charge in [0.05, 0.1) is 17.0 Å². The number of carbonyl (C=O) groups is 1. The molecule has 0 N–H and O–H groups in total. The first kappa shape index (κ1) is 17.8. The molecule has 138 valence electrons. The van der Waals surface area contributed by atoms with E-state index in [2.05, 4.69) is 21.4 Å². The highest BCUT2D eigenvalue weighted by Crippen LogP contribution is 2.29. The van der Waals surface area contributed by atoms with Crippen molar-refractivity contribution in [2.45, 2.75) is 32.1 Å². The van der Waals surface area contributed by atoms with Crippen LogP contribution in [0.3, 0.4) is 0 Å². The molecule has 0 unspecified atom stereocenters. The summed E-state index contributed by atoms with van der Waals surface area (Å²) in [5.74, 6) is 1.17. The Kier molecular flexibility index (Phi) is 5.25. The molecule has 1 atom stereocenters. The monoisotopic (exact) mass is 378 g/mol. The van der Waals surface area contributed by atoms with Gasteiger partial charge in [-0.2, -0.15) is 0 Å². The van der Waals surface area contributed by atoms with Crippen LogP contribution in [-0.2, 0) is 11.2 Å². The van der Waals surface area contributed by atoms with Crippen molar-refractivity contribution in [1.82, 2.24) is 19.9 Å². The van der Waals surface area contributed by atoms with Gasteiger partial charge in [-0.1, -0.05) is 12.1 Å². The highest BCUT2D eigenvalue weighted by Gasteiger charge is 2.27. The third-order valence-corrected chi connectivity index (χ3v) is 5.74. The van der Waals surface area contributed by atoms with Gasteiger partial charge in [-0.15, -0.1) is 11.3 Å². The number of thiophene rings is 1. The van der Waals surface area contributed by atoms with Gasteiger partial charge in [0.25, 0.3) is 0 Å². The molecule has 4 rings (SSSR count). The molecule has 1 amide bonds. The predicted molar refractivity (Wildman–Crippen MR) is 107 cm³/mol. The fourth-order valence-corrected chi connectivity index (χ4v) is 4.19. The first-order valence-corrected chi connectivity index (χ1v) is 10.1. The Morgan fingerprint density at radius 1 is 1.26 bits per heavy atom. The summed E-state index contributed by atoms with van der Waals surface area (Å²) in [6, 6.07) is 11.8. The number of likely N-dealkylation sites (tertiary alicyclic amines) is 1. The summed E-state index contributed by atoms with van der Waals surface area (Å²) in [4.78, 5) is 29.6. The highest BCUT2D eigenvalue weighted by molar-refractivity contribution is 7.13. The van der Waals surface area contributed by atoms with Crippen LogP contribution in [0, 0.1) is 6.92 Å².